The van der Waals surface area contributed by atoms with Crippen molar-refractivity contribution in [3.8, 4) is 5.75 Å². The lowest BCUT2D eigenvalue weighted by Crippen LogP contribution is -2.46. The highest BCUT2D eigenvalue weighted by Gasteiger charge is 2.28. The number of hydrogen-bond donors (Lipinski definition) is 2. The Hall–Kier alpha value is -1.51. The Kier molecular flexibility index (Phi) is 5.95. The average Bonchev–Trinajstić information content (AvgIpc) is 2.57. The van der Waals surface area contributed by atoms with Crippen LogP contribution in [0.15, 0.2) is 12.1 Å². The number of nitrogens with zero attached hydrogens (tertiary/aromatic N) is 1. The molecule has 0 spiro atoms. The Balaban J connectivity index is 2.03. The zero-order valence-electron chi connectivity index (χ0n) is 13.7. The van der Waals surface area contributed by atoms with Gasteiger partial charge in [0.1, 0.15) is 5.75 Å². The van der Waals surface area contributed by atoms with E-state index in [1.807, 2.05) is 0 Å². The number of halogens is 1. The van der Waals surface area contributed by atoms with Crippen LogP contribution in [0, 0.1) is 0 Å². The first-order chi connectivity index (χ1) is 11.3. The first kappa shape index (κ1) is 18.8. The summed E-state index contributed by atoms with van der Waals surface area (Å²) in [6.07, 6.45) is 1.13. The zero-order valence-corrected chi connectivity index (χ0v) is 15.3. The fourth-order valence-corrected chi connectivity index (χ4v) is 3.94. The lowest BCUT2D eigenvalue weighted by molar-refractivity contribution is 0.0921. The van der Waals surface area contributed by atoms with Crippen LogP contribution in [0.5, 0.6) is 5.75 Å². The minimum absolute atomic E-state index is 0.0885. The molecule has 9 heteroatoms. The van der Waals surface area contributed by atoms with E-state index in [9.17, 15) is 13.2 Å². The van der Waals surface area contributed by atoms with Crippen molar-refractivity contribution in [2.45, 2.75) is 25.8 Å². The molecule has 1 fully saturated rings. The highest BCUT2D eigenvalue weighted by atomic mass is 35.5. The summed E-state index contributed by atoms with van der Waals surface area (Å²) in [5, 5.41) is 3.19. The maximum Gasteiger partial charge on any atom is 0.255 e. The number of anilines is 1. The van der Waals surface area contributed by atoms with Gasteiger partial charge in [0.2, 0.25) is 10.0 Å². The molecule has 134 valence electrons. The lowest BCUT2D eigenvalue weighted by atomic mass is 10.1. The molecule has 7 nitrogen and oxygen atoms in total. The van der Waals surface area contributed by atoms with Crippen LogP contribution in [-0.4, -0.2) is 50.6 Å². The monoisotopic (exact) mass is 375 g/mol. The minimum atomic E-state index is -3.18. The third-order valence-corrected chi connectivity index (χ3v) is 6.32. The van der Waals surface area contributed by atoms with Crippen molar-refractivity contribution in [3.05, 3.63) is 22.7 Å². The summed E-state index contributed by atoms with van der Waals surface area (Å²) in [7, 11) is -1.73. The number of nitrogens with two attached hydrogens (primary N) is 1. The van der Waals surface area contributed by atoms with Crippen LogP contribution in [0.4, 0.5) is 5.69 Å². The number of sulfonamides is 1. The van der Waals surface area contributed by atoms with Crippen molar-refractivity contribution in [2.75, 3.05) is 31.7 Å². The Morgan fingerprint density at radius 2 is 2.04 bits per heavy atom. The number of benzene rings is 1. The Bertz CT molecular complexity index is 716. The molecule has 1 aliphatic rings. The Labute approximate surface area is 147 Å². The summed E-state index contributed by atoms with van der Waals surface area (Å²) in [6, 6.07) is 2.89. The summed E-state index contributed by atoms with van der Waals surface area (Å²) in [4.78, 5) is 12.5. The number of nitrogen functional groups attached to an aromatic ring is 1. The number of rotatable bonds is 5. The molecule has 1 heterocycles. The SMILES string of the molecule is CCS(=O)(=O)N1CCC(NC(=O)c2cc(Cl)c(N)cc2OC)CC1. The zero-order chi connectivity index (χ0) is 17.9. The predicted octanol–water partition coefficient (Wildman–Crippen LogP) is 1.47. The number of hydrogen-bond acceptors (Lipinski definition) is 5. The predicted molar refractivity (Wildman–Crippen MR) is 93.9 cm³/mol. The largest absolute Gasteiger partial charge is 0.496 e. The van der Waals surface area contributed by atoms with Crippen LogP contribution in [0.1, 0.15) is 30.1 Å². The Morgan fingerprint density at radius 1 is 1.42 bits per heavy atom. The van der Waals surface area contributed by atoms with Gasteiger partial charge in [0.25, 0.3) is 5.91 Å². The van der Waals surface area contributed by atoms with Gasteiger partial charge in [-0.2, -0.15) is 0 Å². The summed E-state index contributed by atoms with van der Waals surface area (Å²) in [6.45, 7) is 2.43. The van der Waals surface area contributed by atoms with Gasteiger partial charge in [0.05, 0.1) is 29.1 Å². The van der Waals surface area contributed by atoms with Gasteiger partial charge in [0.15, 0.2) is 0 Å². The van der Waals surface area contributed by atoms with Gasteiger partial charge in [0, 0.05) is 25.2 Å². The molecule has 1 aliphatic heterocycles. The van der Waals surface area contributed by atoms with Crippen LogP contribution >= 0.6 is 11.6 Å². The van der Waals surface area contributed by atoms with E-state index in [0.29, 0.717) is 42.9 Å². The summed E-state index contributed by atoms with van der Waals surface area (Å²) in [5.41, 5.74) is 6.35. The fraction of sp³-hybridized carbons (Fsp3) is 0.533. The third-order valence-electron chi connectivity index (χ3n) is 4.11. The lowest BCUT2D eigenvalue weighted by Gasteiger charge is -2.31. The average molecular weight is 376 g/mol. The van der Waals surface area contributed by atoms with Gasteiger partial charge in [-0.25, -0.2) is 12.7 Å². The molecule has 0 bridgehead atoms. The molecule has 0 aromatic heterocycles. The number of methoxy groups -OCH3 is 1. The van der Waals surface area contributed by atoms with Crippen LogP contribution < -0.4 is 15.8 Å². The van der Waals surface area contributed by atoms with Crippen molar-refractivity contribution in [1.29, 1.82) is 0 Å². The molecule has 1 aromatic rings. The van der Waals surface area contributed by atoms with Gasteiger partial charge >= 0.3 is 0 Å². The van der Waals surface area contributed by atoms with E-state index in [-0.39, 0.29) is 22.7 Å². The van der Waals surface area contributed by atoms with E-state index in [1.165, 1.54) is 23.5 Å². The highest BCUT2D eigenvalue weighted by molar-refractivity contribution is 7.89. The van der Waals surface area contributed by atoms with Gasteiger partial charge in [-0.15, -0.1) is 0 Å². The maximum atomic E-state index is 12.5. The van der Waals surface area contributed by atoms with Gasteiger partial charge in [-0.05, 0) is 25.8 Å². The molecule has 24 heavy (non-hydrogen) atoms. The van der Waals surface area contributed by atoms with E-state index in [2.05, 4.69) is 5.32 Å². The van der Waals surface area contributed by atoms with E-state index >= 15 is 0 Å². The first-order valence-corrected chi connectivity index (χ1v) is 9.69. The summed E-state index contributed by atoms with van der Waals surface area (Å²) in [5.74, 6) is 0.122. The number of carbonyl (C=O) groups is 1. The molecule has 0 radical (unpaired) electrons. The van der Waals surface area contributed by atoms with Crippen molar-refractivity contribution >= 4 is 33.2 Å². The number of amides is 1. The molecule has 3 N–H and O–H groups in total. The second-order valence-electron chi connectivity index (χ2n) is 5.62. The van der Waals surface area contributed by atoms with Gasteiger partial charge in [-0.1, -0.05) is 11.6 Å². The fourth-order valence-electron chi connectivity index (χ4n) is 2.64. The molecule has 1 aromatic carbocycles. The molecule has 0 atom stereocenters. The molecule has 0 unspecified atom stereocenters. The molecular weight excluding hydrogens is 354 g/mol. The quantitative estimate of drug-likeness (QED) is 0.759. The summed E-state index contributed by atoms with van der Waals surface area (Å²) >= 11 is 5.98. The van der Waals surface area contributed by atoms with Crippen molar-refractivity contribution in [2.24, 2.45) is 0 Å². The maximum absolute atomic E-state index is 12.5. The van der Waals surface area contributed by atoms with E-state index in [0.717, 1.165) is 0 Å². The number of carbonyl (C=O) groups excluding carboxylic acids is 1. The number of ether oxygens (including phenoxy) is 1. The van der Waals surface area contributed by atoms with E-state index < -0.39 is 10.0 Å². The normalized spacial score (nSPS) is 16.8. The first-order valence-electron chi connectivity index (χ1n) is 7.70. The smallest absolute Gasteiger partial charge is 0.255 e. The minimum Gasteiger partial charge on any atom is -0.496 e. The third kappa shape index (κ3) is 4.12. The standard InChI is InChI=1S/C15H22ClN3O4S/c1-3-24(21,22)19-6-4-10(5-7-19)18-15(20)11-8-12(16)13(17)9-14(11)23-2/h8-10H,3-7,17H2,1-2H3,(H,18,20). The molecule has 0 aliphatic carbocycles. The number of piperidine rings is 1. The van der Waals surface area contributed by atoms with Crippen molar-refractivity contribution in [3.63, 3.8) is 0 Å². The molecule has 1 saturated heterocycles. The Morgan fingerprint density at radius 3 is 2.58 bits per heavy atom. The van der Waals surface area contributed by atoms with Crippen molar-refractivity contribution in [1.82, 2.24) is 9.62 Å². The second-order valence-corrected chi connectivity index (χ2v) is 8.29. The van der Waals surface area contributed by atoms with Crippen LogP contribution in [0.25, 0.3) is 0 Å². The molecule has 0 saturated carbocycles. The van der Waals surface area contributed by atoms with Gasteiger partial charge in [-0.3, -0.25) is 4.79 Å². The molecule has 1 amide bonds. The van der Waals surface area contributed by atoms with E-state index in [1.54, 1.807) is 6.92 Å². The van der Waals surface area contributed by atoms with E-state index in [4.69, 9.17) is 22.1 Å². The van der Waals surface area contributed by atoms with Crippen LogP contribution in [0.3, 0.4) is 0 Å². The summed E-state index contributed by atoms with van der Waals surface area (Å²) < 4.78 is 30.4. The van der Waals surface area contributed by atoms with Crippen molar-refractivity contribution < 1.29 is 17.9 Å². The highest BCUT2D eigenvalue weighted by Crippen LogP contribution is 2.29. The number of nitrogens with one attached hydrogen (secondary N) is 1. The van der Waals surface area contributed by atoms with Crippen LogP contribution in [0.2, 0.25) is 5.02 Å². The molecule has 2 rings (SSSR count). The van der Waals surface area contributed by atoms with Crippen LogP contribution in [-0.2, 0) is 10.0 Å². The topological polar surface area (TPSA) is 102 Å². The van der Waals surface area contributed by atoms with Gasteiger partial charge < -0.3 is 15.8 Å². The molecular formula is C15H22ClN3O4S. The second kappa shape index (κ2) is 7.58.